The van der Waals surface area contributed by atoms with Crippen molar-refractivity contribution in [2.24, 2.45) is 0 Å². The van der Waals surface area contributed by atoms with Crippen molar-refractivity contribution in [2.45, 2.75) is 13.8 Å². The molecule has 0 bridgehead atoms. The first-order valence-corrected chi connectivity index (χ1v) is 10.2. The van der Waals surface area contributed by atoms with Crippen LogP contribution in [-0.4, -0.2) is 34.4 Å². The van der Waals surface area contributed by atoms with Gasteiger partial charge >= 0.3 is 5.97 Å². The summed E-state index contributed by atoms with van der Waals surface area (Å²) in [5.41, 5.74) is 6.83. The van der Waals surface area contributed by atoms with E-state index in [-0.39, 0.29) is 17.9 Å². The summed E-state index contributed by atoms with van der Waals surface area (Å²) in [6.07, 6.45) is 1.52. The summed E-state index contributed by atoms with van der Waals surface area (Å²) < 4.78 is 10.4. The summed E-state index contributed by atoms with van der Waals surface area (Å²) in [5.74, 6) is -1.17. The minimum atomic E-state index is -0.633. The van der Waals surface area contributed by atoms with Crippen LogP contribution in [0, 0.1) is 6.92 Å². The van der Waals surface area contributed by atoms with Crippen molar-refractivity contribution in [2.75, 3.05) is 6.61 Å². The van der Waals surface area contributed by atoms with E-state index in [4.69, 9.17) is 9.15 Å². The second kappa shape index (κ2) is 9.31. The van der Waals surface area contributed by atoms with Gasteiger partial charge in [-0.1, -0.05) is 18.2 Å². The van der Waals surface area contributed by atoms with Crippen molar-refractivity contribution < 1.29 is 23.5 Å². The molecule has 0 atom stereocenters. The molecule has 0 saturated heterocycles. The highest BCUT2D eigenvalue weighted by atomic mass is 16.5. The molecule has 3 heterocycles. The quantitative estimate of drug-likeness (QED) is 0.357. The smallest absolute Gasteiger partial charge is 0.339 e. The number of hydrogen-bond acceptors (Lipinski definition) is 7. The maximum Gasteiger partial charge on any atom is 0.339 e. The topological polar surface area (TPSA) is 123 Å². The number of rotatable bonds is 5. The van der Waals surface area contributed by atoms with Crippen molar-refractivity contribution in [3.63, 3.8) is 0 Å². The Morgan fingerprint density at radius 2 is 1.73 bits per heavy atom. The van der Waals surface area contributed by atoms with Gasteiger partial charge in [-0.25, -0.2) is 14.8 Å². The molecule has 0 unspecified atom stereocenters. The lowest BCUT2D eigenvalue weighted by atomic mass is 10.1. The molecule has 0 radical (unpaired) electrons. The van der Waals surface area contributed by atoms with E-state index in [2.05, 4.69) is 20.8 Å². The van der Waals surface area contributed by atoms with Gasteiger partial charge in [-0.3, -0.25) is 20.4 Å². The zero-order valence-corrected chi connectivity index (χ0v) is 17.9. The van der Waals surface area contributed by atoms with E-state index in [0.717, 1.165) is 0 Å². The fourth-order valence-electron chi connectivity index (χ4n) is 3.27. The Labute approximate surface area is 188 Å². The van der Waals surface area contributed by atoms with E-state index in [1.165, 1.54) is 18.4 Å². The van der Waals surface area contributed by atoms with Crippen LogP contribution in [0.25, 0.3) is 22.4 Å². The summed E-state index contributed by atoms with van der Waals surface area (Å²) in [4.78, 5) is 46.0. The molecule has 2 N–H and O–H groups in total. The van der Waals surface area contributed by atoms with Crippen molar-refractivity contribution in [1.82, 2.24) is 20.8 Å². The van der Waals surface area contributed by atoms with Gasteiger partial charge in [-0.15, -0.1) is 0 Å². The number of esters is 1. The van der Waals surface area contributed by atoms with Gasteiger partial charge in [0.1, 0.15) is 11.4 Å². The second-order valence-electron chi connectivity index (χ2n) is 7.01. The first-order valence-electron chi connectivity index (χ1n) is 10.2. The minimum Gasteiger partial charge on any atom is -0.463 e. The van der Waals surface area contributed by atoms with Crippen LogP contribution < -0.4 is 10.9 Å². The van der Waals surface area contributed by atoms with Crippen LogP contribution in [0.2, 0.25) is 0 Å². The number of nitrogens with one attached hydrogen (secondary N) is 2. The zero-order valence-electron chi connectivity index (χ0n) is 17.9. The summed E-state index contributed by atoms with van der Waals surface area (Å²) in [5, 5.41) is 0.618. The maximum absolute atomic E-state index is 12.9. The Morgan fingerprint density at radius 1 is 0.939 bits per heavy atom. The summed E-state index contributed by atoms with van der Waals surface area (Å²) in [7, 11) is 0. The highest BCUT2D eigenvalue weighted by Gasteiger charge is 2.18. The van der Waals surface area contributed by atoms with Gasteiger partial charge in [-0.05, 0) is 50.2 Å². The molecule has 33 heavy (non-hydrogen) atoms. The number of aromatic nitrogens is 2. The van der Waals surface area contributed by atoms with Gasteiger partial charge in [0.25, 0.3) is 11.8 Å². The largest absolute Gasteiger partial charge is 0.463 e. The van der Waals surface area contributed by atoms with E-state index in [1.807, 2.05) is 6.07 Å². The van der Waals surface area contributed by atoms with E-state index in [0.29, 0.717) is 33.6 Å². The average Bonchev–Trinajstić information content (AvgIpc) is 3.36. The number of aryl methyl sites for hydroxylation is 1. The molecular formula is C24H20N4O5. The monoisotopic (exact) mass is 444 g/mol. The first kappa shape index (κ1) is 21.7. The molecule has 0 aliphatic rings. The summed E-state index contributed by atoms with van der Waals surface area (Å²) >= 11 is 0. The number of carbonyl (C=O) groups is 3. The predicted octanol–water partition coefficient (Wildman–Crippen LogP) is 3.45. The van der Waals surface area contributed by atoms with E-state index in [9.17, 15) is 14.4 Å². The molecule has 1 aromatic carbocycles. The van der Waals surface area contributed by atoms with Gasteiger partial charge in [-0.2, -0.15) is 0 Å². The first-order chi connectivity index (χ1) is 16.0. The number of nitrogens with zero attached hydrogens (tertiary/aromatic N) is 2. The third kappa shape index (κ3) is 4.57. The third-order valence-corrected chi connectivity index (χ3v) is 4.84. The number of ether oxygens (including phenoxy) is 1. The number of hydrazine groups is 1. The molecule has 9 heteroatoms. The van der Waals surface area contributed by atoms with Crippen LogP contribution in [0.1, 0.15) is 43.8 Å². The van der Waals surface area contributed by atoms with Crippen molar-refractivity contribution >= 4 is 28.7 Å². The molecule has 9 nitrogen and oxygen atoms in total. The van der Waals surface area contributed by atoms with Crippen LogP contribution in [-0.2, 0) is 4.74 Å². The Kier molecular flexibility index (Phi) is 6.12. The number of amides is 2. The molecule has 2 amide bonds. The Balaban J connectivity index is 1.54. The number of furan rings is 1. The number of hydrogen-bond donors (Lipinski definition) is 2. The fourth-order valence-corrected chi connectivity index (χ4v) is 3.27. The van der Waals surface area contributed by atoms with E-state index >= 15 is 0 Å². The Morgan fingerprint density at radius 3 is 2.45 bits per heavy atom. The number of carbonyl (C=O) groups excluding carboxylic acids is 3. The predicted molar refractivity (Wildman–Crippen MR) is 119 cm³/mol. The van der Waals surface area contributed by atoms with Crippen molar-refractivity contribution in [3.05, 3.63) is 83.4 Å². The van der Waals surface area contributed by atoms with Crippen LogP contribution in [0.5, 0.6) is 0 Å². The Hall–Kier alpha value is -4.53. The van der Waals surface area contributed by atoms with Gasteiger partial charge < -0.3 is 9.15 Å². The standard InChI is InChI=1S/C24H20N4O5/c1-3-32-24(31)15-10-11-19(25-14(15)2)23(30)28-27-22(29)17-13-20(21-9-6-12-33-21)26-18-8-5-4-7-16(17)18/h4-13H,3H2,1-2H3,(H,27,29)(H,28,30). The molecule has 166 valence electrons. The molecular weight excluding hydrogens is 424 g/mol. The maximum atomic E-state index is 12.9. The average molecular weight is 444 g/mol. The summed E-state index contributed by atoms with van der Waals surface area (Å²) in [6, 6.07) is 15.1. The SMILES string of the molecule is CCOC(=O)c1ccc(C(=O)NNC(=O)c2cc(-c3ccco3)nc3ccccc23)nc1C. The highest BCUT2D eigenvalue weighted by molar-refractivity contribution is 6.08. The van der Waals surface area contributed by atoms with E-state index in [1.54, 1.807) is 50.2 Å². The normalized spacial score (nSPS) is 10.6. The van der Waals surface area contributed by atoms with Crippen LogP contribution in [0.4, 0.5) is 0 Å². The lowest BCUT2D eigenvalue weighted by Gasteiger charge is -2.11. The van der Waals surface area contributed by atoms with Gasteiger partial charge in [0.05, 0.1) is 35.2 Å². The second-order valence-corrected chi connectivity index (χ2v) is 7.01. The van der Waals surface area contributed by atoms with Gasteiger partial charge in [0.2, 0.25) is 0 Å². The van der Waals surface area contributed by atoms with E-state index < -0.39 is 17.8 Å². The van der Waals surface area contributed by atoms with Crippen LogP contribution in [0.15, 0.2) is 65.3 Å². The molecule has 4 aromatic rings. The lowest BCUT2D eigenvalue weighted by molar-refractivity contribution is 0.0524. The van der Waals surface area contributed by atoms with Crippen molar-refractivity contribution in [1.29, 1.82) is 0 Å². The van der Waals surface area contributed by atoms with Crippen LogP contribution >= 0.6 is 0 Å². The summed E-state index contributed by atoms with van der Waals surface area (Å²) in [6.45, 7) is 3.54. The molecule has 0 spiro atoms. The number of pyridine rings is 2. The van der Waals surface area contributed by atoms with Crippen LogP contribution in [0.3, 0.4) is 0 Å². The van der Waals surface area contributed by atoms with Gasteiger partial charge in [0, 0.05) is 5.39 Å². The van der Waals surface area contributed by atoms with Crippen molar-refractivity contribution in [3.8, 4) is 11.5 Å². The molecule has 4 rings (SSSR count). The number of benzene rings is 1. The molecule has 0 fully saturated rings. The van der Waals surface area contributed by atoms with Gasteiger partial charge in [0.15, 0.2) is 5.76 Å². The molecule has 0 saturated carbocycles. The molecule has 0 aliphatic heterocycles. The number of para-hydroxylation sites is 1. The minimum absolute atomic E-state index is 0.0386. The number of fused-ring (bicyclic) bond motifs is 1. The third-order valence-electron chi connectivity index (χ3n) is 4.84. The molecule has 3 aromatic heterocycles. The highest BCUT2D eigenvalue weighted by Crippen LogP contribution is 2.25. The fraction of sp³-hybridized carbons (Fsp3) is 0.125. The lowest BCUT2D eigenvalue weighted by Crippen LogP contribution is -2.42. The zero-order chi connectivity index (χ0) is 23.4. The molecule has 0 aliphatic carbocycles. The Bertz CT molecular complexity index is 1350.